The van der Waals surface area contributed by atoms with Gasteiger partial charge in [0.05, 0.1) is 0 Å². The molecule has 2 fully saturated rings. The zero-order valence-electron chi connectivity index (χ0n) is 11.2. The fraction of sp³-hybridized carbons (Fsp3) is 0.923. The Morgan fingerprint density at radius 3 is 2.56 bits per heavy atom. The number of carbonyl (C=O) groups excluding carboxylic acids is 1. The van der Waals surface area contributed by atoms with E-state index in [9.17, 15) is 4.79 Å². The summed E-state index contributed by atoms with van der Waals surface area (Å²) in [6.45, 7) is 2.09. The molecule has 1 spiro atoms. The van der Waals surface area contributed by atoms with E-state index in [4.69, 9.17) is 10.5 Å². The molecule has 1 aliphatic carbocycles. The lowest BCUT2D eigenvalue weighted by Gasteiger charge is -2.33. The Balaban J connectivity index is 0.00000162. The van der Waals surface area contributed by atoms with Gasteiger partial charge in [-0.15, -0.1) is 12.4 Å². The molecule has 0 radical (unpaired) electrons. The van der Waals surface area contributed by atoms with Crippen LogP contribution in [0, 0.1) is 5.41 Å². The summed E-state index contributed by atoms with van der Waals surface area (Å²) < 4.78 is 5.13. The molecule has 0 aromatic carbocycles. The summed E-state index contributed by atoms with van der Waals surface area (Å²) >= 11 is 0. The molecule has 106 valence electrons. The first-order valence-corrected chi connectivity index (χ1v) is 6.72. The molecule has 5 heteroatoms. The highest BCUT2D eigenvalue weighted by Gasteiger charge is 2.41. The van der Waals surface area contributed by atoms with Crippen molar-refractivity contribution in [2.24, 2.45) is 11.1 Å². The Morgan fingerprint density at radius 2 is 2.00 bits per heavy atom. The predicted octanol–water partition coefficient (Wildman–Crippen LogP) is 1.56. The van der Waals surface area contributed by atoms with Crippen LogP contribution in [0.2, 0.25) is 0 Å². The van der Waals surface area contributed by atoms with Gasteiger partial charge in [0, 0.05) is 26.7 Å². The molecule has 1 saturated heterocycles. The third-order valence-electron chi connectivity index (χ3n) is 4.44. The van der Waals surface area contributed by atoms with Gasteiger partial charge in [0.2, 0.25) is 0 Å². The molecule has 1 aliphatic heterocycles. The number of rotatable bonds is 3. The first kappa shape index (κ1) is 15.7. The summed E-state index contributed by atoms with van der Waals surface area (Å²) in [7, 11) is 1.56. The van der Waals surface area contributed by atoms with Crippen molar-refractivity contribution in [1.82, 2.24) is 4.90 Å². The SMILES string of the molecule is COC(CN)C(=O)N1CCC2(CCCCC2)C1.Cl. The Labute approximate surface area is 116 Å². The van der Waals surface area contributed by atoms with Crippen LogP contribution in [-0.4, -0.2) is 43.7 Å². The lowest BCUT2D eigenvalue weighted by molar-refractivity contribution is -0.140. The molecule has 2 aliphatic rings. The maximum atomic E-state index is 12.2. The summed E-state index contributed by atoms with van der Waals surface area (Å²) in [5.41, 5.74) is 5.97. The zero-order valence-corrected chi connectivity index (χ0v) is 12.0. The van der Waals surface area contributed by atoms with Crippen molar-refractivity contribution < 1.29 is 9.53 Å². The van der Waals surface area contributed by atoms with E-state index in [0.29, 0.717) is 5.41 Å². The molecule has 1 unspecified atom stereocenters. The Morgan fingerprint density at radius 1 is 1.33 bits per heavy atom. The third kappa shape index (κ3) is 3.16. The third-order valence-corrected chi connectivity index (χ3v) is 4.44. The van der Waals surface area contributed by atoms with E-state index >= 15 is 0 Å². The average Bonchev–Trinajstić information content (AvgIpc) is 2.75. The van der Waals surface area contributed by atoms with Crippen molar-refractivity contribution in [3.63, 3.8) is 0 Å². The van der Waals surface area contributed by atoms with Gasteiger partial charge in [0.1, 0.15) is 6.10 Å². The van der Waals surface area contributed by atoms with Crippen molar-refractivity contribution in [1.29, 1.82) is 0 Å². The largest absolute Gasteiger partial charge is 0.370 e. The fourth-order valence-electron chi connectivity index (χ4n) is 3.33. The summed E-state index contributed by atoms with van der Waals surface area (Å²) in [4.78, 5) is 14.1. The molecule has 18 heavy (non-hydrogen) atoms. The van der Waals surface area contributed by atoms with Crippen LogP contribution in [-0.2, 0) is 9.53 Å². The van der Waals surface area contributed by atoms with Crippen molar-refractivity contribution in [2.45, 2.75) is 44.6 Å². The highest BCUT2D eigenvalue weighted by Crippen LogP contribution is 2.43. The summed E-state index contributed by atoms with van der Waals surface area (Å²) in [5, 5.41) is 0. The van der Waals surface area contributed by atoms with E-state index in [1.807, 2.05) is 4.90 Å². The molecule has 1 saturated carbocycles. The van der Waals surface area contributed by atoms with Gasteiger partial charge in [-0.05, 0) is 24.7 Å². The topological polar surface area (TPSA) is 55.6 Å². The number of carbonyl (C=O) groups is 1. The van der Waals surface area contributed by atoms with E-state index in [0.717, 1.165) is 13.1 Å². The van der Waals surface area contributed by atoms with Crippen molar-refractivity contribution in [3.8, 4) is 0 Å². The molecule has 2 N–H and O–H groups in total. The fourth-order valence-corrected chi connectivity index (χ4v) is 3.33. The number of amides is 1. The van der Waals surface area contributed by atoms with Crippen LogP contribution in [0.15, 0.2) is 0 Å². The number of hydrogen-bond acceptors (Lipinski definition) is 3. The molecule has 1 atom stereocenters. The highest BCUT2D eigenvalue weighted by atomic mass is 35.5. The average molecular weight is 277 g/mol. The zero-order chi connectivity index (χ0) is 12.3. The maximum absolute atomic E-state index is 12.2. The number of hydrogen-bond donors (Lipinski definition) is 1. The van der Waals surface area contributed by atoms with Gasteiger partial charge in [-0.2, -0.15) is 0 Å². The van der Waals surface area contributed by atoms with Crippen LogP contribution in [0.4, 0.5) is 0 Å². The van der Waals surface area contributed by atoms with Gasteiger partial charge in [-0.3, -0.25) is 4.79 Å². The highest BCUT2D eigenvalue weighted by molar-refractivity contribution is 5.85. The second kappa shape index (κ2) is 6.73. The van der Waals surface area contributed by atoms with Gasteiger partial charge in [0.25, 0.3) is 5.91 Å². The monoisotopic (exact) mass is 276 g/mol. The van der Waals surface area contributed by atoms with Crippen LogP contribution < -0.4 is 5.73 Å². The van der Waals surface area contributed by atoms with E-state index in [2.05, 4.69) is 0 Å². The maximum Gasteiger partial charge on any atom is 0.253 e. The Hall–Kier alpha value is -0.320. The van der Waals surface area contributed by atoms with Gasteiger partial charge in [-0.25, -0.2) is 0 Å². The molecular weight excluding hydrogens is 252 g/mol. The van der Waals surface area contributed by atoms with Crippen molar-refractivity contribution >= 4 is 18.3 Å². The van der Waals surface area contributed by atoms with E-state index < -0.39 is 6.10 Å². The van der Waals surface area contributed by atoms with Gasteiger partial charge in [-0.1, -0.05) is 19.3 Å². The Kier molecular flexibility index (Phi) is 5.89. The lowest BCUT2D eigenvalue weighted by Crippen LogP contribution is -2.43. The molecule has 0 aromatic heterocycles. The van der Waals surface area contributed by atoms with Crippen LogP contribution in [0.25, 0.3) is 0 Å². The van der Waals surface area contributed by atoms with Crippen LogP contribution >= 0.6 is 12.4 Å². The lowest BCUT2D eigenvalue weighted by atomic mass is 9.73. The normalized spacial score (nSPS) is 23.8. The summed E-state index contributed by atoms with van der Waals surface area (Å²) in [5.74, 6) is 0.0810. The van der Waals surface area contributed by atoms with Gasteiger partial charge >= 0.3 is 0 Å². The first-order chi connectivity index (χ1) is 8.21. The van der Waals surface area contributed by atoms with Crippen LogP contribution in [0.5, 0.6) is 0 Å². The van der Waals surface area contributed by atoms with E-state index in [1.165, 1.54) is 38.5 Å². The molecule has 0 bridgehead atoms. The minimum absolute atomic E-state index is 0. The van der Waals surface area contributed by atoms with Gasteiger partial charge < -0.3 is 15.4 Å². The van der Waals surface area contributed by atoms with Crippen molar-refractivity contribution in [3.05, 3.63) is 0 Å². The second-order valence-electron chi connectivity index (χ2n) is 5.53. The second-order valence-corrected chi connectivity index (χ2v) is 5.53. The molecule has 1 amide bonds. The van der Waals surface area contributed by atoms with Crippen LogP contribution in [0.3, 0.4) is 0 Å². The molecule has 4 nitrogen and oxygen atoms in total. The quantitative estimate of drug-likeness (QED) is 0.851. The number of methoxy groups -OCH3 is 1. The minimum atomic E-state index is -0.450. The summed E-state index contributed by atoms with van der Waals surface area (Å²) in [6.07, 6.45) is 7.31. The predicted molar refractivity (Wildman–Crippen MR) is 73.8 cm³/mol. The standard InChI is InChI=1S/C13H24N2O2.ClH/c1-17-11(9-14)12(16)15-8-7-13(10-15)5-3-2-4-6-13;/h11H,2-10,14H2,1H3;1H. The molecule has 2 rings (SSSR count). The van der Waals surface area contributed by atoms with Crippen molar-refractivity contribution in [2.75, 3.05) is 26.7 Å². The van der Waals surface area contributed by atoms with Gasteiger partial charge in [0.15, 0.2) is 0 Å². The number of ether oxygens (including phenoxy) is 1. The smallest absolute Gasteiger partial charge is 0.253 e. The number of nitrogens with zero attached hydrogens (tertiary/aromatic N) is 1. The summed E-state index contributed by atoms with van der Waals surface area (Å²) in [6, 6.07) is 0. The number of halogens is 1. The van der Waals surface area contributed by atoms with Crippen LogP contribution in [0.1, 0.15) is 38.5 Å². The molecule has 1 heterocycles. The Bertz CT molecular complexity index is 276. The molecular formula is C13H25ClN2O2. The number of likely N-dealkylation sites (tertiary alicyclic amines) is 1. The minimum Gasteiger partial charge on any atom is -0.370 e. The van der Waals surface area contributed by atoms with E-state index in [-0.39, 0.29) is 24.9 Å². The van der Waals surface area contributed by atoms with E-state index in [1.54, 1.807) is 7.11 Å². The number of nitrogens with two attached hydrogens (primary N) is 1. The first-order valence-electron chi connectivity index (χ1n) is 6.72. The molecule has 0 aromatic rings.